The van der Waals surface area contributed by atoms with Crippen molar-refractivity contribution in [3.8, 4) is 5.75 Å². The van der Waals surface area contributed by atoms with Crippen molar-refractivity contribution in [1.82, 2.24) is 0 Å². The van der Waals surface area contributed by atoms with Gasteiger partial charge >= 0.3 is 0 Å². The molecule has 160 valence electrons. The second-order valence-electron chi connectivity index (χ2n) is 7.67. The SMILES string of the molecule is O=C1Cc2c(OCC3(O)CCN(c4c(F)cc(CI)cc4F)CC3)ccc(Cl)c2N1. The molecule has 0 bridgehead atoms. The lowest BCUT2D eigenvalue weighted by Crippen LogP contribution is -2.48. The number of fused-ring (bicyclic) bond motifs is 1. The van der Waals surface area contributed by atoms with Gasteiger partial charge in [-0.25, -0.2) is 8.78 Å². The molecule has 0 atom stereocenters. The summed E-state index contributed by atoms with van der Waals surface area (Å²) in [5, 5.41) is 14.1. The summed E-state index contributed by atoms with van der Waals surface area (Å²) in [6.45, 7) is 0.619. The number of nitrogens with one attached hydrogen (secondary N) is 1. The number of hydrogen-bond donors (Lipinski definition) is 2. The van der Waals surface area contributed by atoms with Crippen molar-refractivity contribution in [2.24, 2.45) is 0 Å². The highest BCUT2D eigenvalue weighted by Gasteiger charge is 2.35. The first-order chi connectivity index (χ1) is 14.3. The highest BCUT2D eigenvalue weighted by molar-refractivity contribution is 14.1. The van der Waals surface area contributed by atoms with Gasteiger partial charge in [-0.2, -0.15) is 0 Å². The van der Waals surface area contributed by atoms with Gasteiger partial charge < -0.3 is 20.1 Å². The average Bonchev–Trinajstić information content (AvgIpc) is 3.11. The van der Waals surface area contributed by atoms with E-state index in [-0.39, 0.29) is 24.6 Å². The summed E-state index contributed by atoms with van der Waals surface area (Å²) in [5.74, 6) is -0.836. The van der Waals surface area contributed by atoms with Crippen LogP contribution in [-0.2, 0) is 15.6 Å². The molecular weight excluding hydrogens is 529 g/mol. The zero-order valence-corrected chi connectivity index (χ0v) is 18.9. The minimum atomic E-state index is -1.13. The molecule has 0 aromatic heterocycles. The van der Waals surface area contributed by atoms with E-state index in [1.165, 1.54) is 12.1 Å². The number of rotatable bonds is 5. The number of alkyl halides is 1. The Balaban J connectivity index is 1.42. The second-order valence-corrected chi connectivity index (χ2v) is 8.84. The van der Waals surface area contributed by atoms with Crippen LogP contribution in [0, 0.1) is 11.6 Å². The number of amides is 1. The van der Waals surface area contributed by atoms with E-state index in [1.54, 1.807) is 17.0 Å². The van der Waals surface area contributed by atoms with Gasteiger partial charge in [0, 0.05) is 23.1 Å². The number of carbonyl (C=O) groups excluding carboxylic acids is 1. The van der Waals surface area contributed by atoms with E-state index >= 15 is 0 Å². The first-order valence-corrected chi connectivity index (χ1v) is 11.5. The van der Waals surface area contributed by atoms with Crippen molar-refractivity contribution >= 4 is 51.5 Å². The Morgan fingerprint density at radius 1 is 1.23 bits per heavy atom. The lowest BCUT2D eigenvalue weighted by molar-refractivity contribution is -0.115. The van der Waals surface area contributed by atoms with Crippen molar-refractivity contribution in [3.05, 3.63) is 52.0 Å². The highest BCUT2D eigenvalue weighted by Crippen LogP contribution is 2.38. The summed E-state index contributed by atoms with van der Waals surface area (Å²) in [6.07, 6.45) is 0.767. The molecule has 2 heterocycles. The third-order valence-electron chi connectivity index (χ3n) is 5.56. The van der Waals surface area contributed by atoms with E-state index in [2.05, 4.69) is 27.9 Å². The molecule has 2 aromatic rings. The molecule has 2 aromatic carbocycles. The van der Waals surface area contributed by atoms with Crippen molar-refractivity contribution in [2.45, 2.75) is 29.3 Å². The molecule has 0 saturated carbocycles. The van der Waals surface area contributed by atoms with Gasteiger partial charge in [0.2, 0.25) is 5.91 Å². The maximum Gasteiger partial charge on any atom is 0.229 e. The topological polar surface area (TPSA) is 61.8 Å². The summed E-state index contributed by atoms with van der Waals surface area (Å²) in [7, 11) is 0. The average molecular weight is 549 g/mol. The fraction of sp³-hybridized carbons (Fsp3) is 0.381. The number of carbonyl (C=O) groups is 1. The molecule has 1 saturated heterocycles. The Morgan fingerprint density at radius 2 is 1.90 bits per heavy atom. The Hall–Kier alpha value is -1.65. The maximum atomic E-state index is 14.4. The number of anilines is 2. The van der Waals surface area contributed by atoms with Crippen LogP contribution < -0.4 is 15.0 Å². The zero-order chi connectivity index (χ0) is 21.5. The lowest BCUT2D eigenvalue weighted by atomic mass is 9.92. The monoisotopic (exact) mass is 548 g/mol. The van der Waals surface area contributed by atoms with E-state index in [1.807, 2.05) is 0 Å². The van der Waals surface area contributed by atoms with E-state index in [0.29, 0.717) is 57.9 Å². The molecule has 0 aliphatic carbocycles. The van der Waals surface area contributed by atoms with E-state index in [9.17, 15) is 18.7 Å². The molecule has 2 aliphatic heterocycles. The van der Waals surface area contributed by atoms with Crippen LogP contribution in [-0.4, -0.2) is 36.3 Å². The number of aliphatic hydroxyl groups is 1. The number of piperidine rings is 1. The number of benzene rings is 2. The molecule has 9 heteroatoms. The van der Waals surface area contributed by atoms with Crippen LogP contribution in [0.5, 0.6) is 5.75 Å². The fourth-order valence-electron chi connectivity index (χ4n) is 3.89. The largest absolute Gasteiger partial charge is 0.490 e. The van der Waals surface area contributed by atoms with Gasteiger partial charge in [0.25, 0.3) is 0 Å². The predicted molar refractivity (Wildman–Crippen MR) is 120 cm³/mol. The third kappa shape index (κ3) is 4.22. The molecule has 2 aliphatic rings. The summed E-state index contributed by atoms with van der Waals surface area (Å²) in [5.41, 5.74) is 0.634. The number of halogens is 4. The molecule has 30 heavy (non-hydrogen) atoms. The first kappa shape index (κ1) is 21.6. The number of ether oxygens (including phenoxy) is 1. The Bertz CT molecular complexity index is 973. The van der Waals surface area contributed by atoms with Crippen LogP contribution >= 0.6 is 34.2 Å². The minimum absolute atomic E-state index is 0.0157. The standard InChI is InChI=1S/C21H20ClF2IN2O3/c22-14-1-2-17(13-9-18(28)26-19(13)14)30-11-21(29)3-5-27(6-4-21)20-15(23)7-12(10-25)8-16(20)24/h1-2,7-8,29H,3-6,9-11H2,(H,26,28). The molecule has 0 radical (unpaired) electrons. The van der Waals surface area contributed by atoms with Crippen LogP contribution in [0.1, 0.15) is 24.0 Å². The van der Waals surface area contributed by atoms with Gasteiger partial charge in [-0.3, -0.25) is 4.79 Å². The quantitative estimate of drug-likeness (QED) is 0.428. The van der Waals surface area contributed by atoms with Crippen LogP contribution in [0.2, 0.25) is 5.02 Å². The number of nitrogens with zero attached hydrogens (tertiary/aromatic N) is 1. The second kappa shape index (κ2) is 8.47. The molecule has 1 amide bonds. The smallest absolute Gasteiger partial charge is 0.229 e. The third-order valence-corrected chi connectivity index (χ3v) is 6.75. The van der Waals surface area contributed by atoms with E-state index in [0.717, 1.165) is 0 Å². The normalized spacial score (nSPS) is 17.6. The molecule has 5 nitrogen and oxygen atoms in total. The van der Waals surface area contributed by atoms with Crippen LogP contribution in [0.25, 0.3) is 0 Å². The van der Waals surface area contributed by atoms with Crippen LogP contribution in [0.3, 0.4) is 0 Å². The van der Waals surface area contributed by atoms with Gasteiger partial charge in [-0.15, -0.1) is 0 Å². The van der Waals surface area contributed by atoms with Crippen molar-refractivity contribution in [3.63, 3.8) is 0 Å². The number of hydrogen-bond acceptors (Lipinski definition) is 4. The van der Waals surface area contributed by atoms with Gasteiger partial charge in [0.1, 0.15) is 35.3 Å². The minimum Gasteiger partial charge on any atom is -0.490 e. The Morgan fingerprint density at radius 3 is 2.53 bits per heavy atom. The van der Waals surface area contributed by atoms with Crippen molar-refractivity contribution < 1.29 is 23.4 Å². The van der Waals surface area contributed by atoms with Gasteiger partial charge in [-0.05, 0) is 42.7 Å². The maximum absolute atomic E-state index is 14.4. The van der Waals surface area contributed by atoms with Gasteiger partial charge in [0.15, 0.2) is 0 Å². The van der Waals surface area contributed by atoms with Gasteiger partial charge in [-0.1, -0.05) is 34.2 Å². The molecule has 0 spiro atoms. The predicted octanol–water partition coefficient (Wildman–Crippen LogP) is 4.46. The zero-order valence-electron chi connectivity index (χ0n) is 16.0. The summed E-state index contributed by atoms with van der Waals surface area (Å²) in [4.78, 5) is 13.3. The summed E-state index contributed by atoms with van der Waals surface area (Å²) in [6, 6.07) is 6.02. The summed E-state index contributed by atoms with van der Waals surface area (Å²) >= 11 is 8.18. The van der Waals surface area contributed by atoms with Crippen molar-refractivity contribution in [1.29, 1.82) is 0 Å². The van der Waals surface area contributed by atoms with E-state index < -0.39 is 17.2 Å². The Labute approximate surface area is 191 Å². The molecule has 1 fully saturated rings. The highest BCUT2D eigenvalue weighted by atomic mass is 127. The first-order valence-electron chi connectivity index (χ1n) is 9.55. The lowest BCUT2D eigenvalue weighted by Gasteiger charge is -2.39. The van der Waals surface area contributed by atoms with Crippen molar-refractivity contribution in [2.75, 3.05) is 29.9 Å². The van der Waals surface area contributed by atoms with Gasteiger partial charge in [0.05, 0.1) is 17.1 Å². The van der Waals surface area contributed by atoms with E-state index in [4.69, 9.17) is 16.3 Å². The molecule has 0 unspecified atom stereocenters. The fourth-order valence-corrected chi connectivity index (χ4v) is 4.56. The molecule has 2 N–H and O–H groups in total. The Kier molecular flexibility index (Phi) is 6.09. The summed E-state index contributed by atoms with van der Waals surface area (Å²) < 4.78 is 35.2. The molecule has 4 rings (SSSR count). The van der Waals surface area contributed by atoms with Crippen LogP contribution in [0.4, 0.5) is 20.2 Å². The molecular formula is C21H20ClF2IN2O3. The van der Waals surface area contributed by atoms with Crippen LogP contribution in [0.15, 0.2) is 24.3 Å².